The number of methoxy groups -OCH3 is 2. The van der Waals surface area contributed by atoms with Gasteiger partial charge in [0.2, 0.25) is 5.91 Å². The monoisotopic (exact) mass is 653 g/mol. The number of halogens is 5. The highest BCUT2D eigenvalue weighted by molar-refractivity contribution is 7.93. The van der Waals surface area contributed by atoms with Gasteiger partial charge in [0.1, 0.15) is 28.4 Å². The molecule has 0 aromatic heterocycles. The van der Waals surface area contributed by atoms with Crippen molar-refractivity contribution >= 4 is 27.5 Å². The molecule has 0 spiro atoms. The third kappa shape index (κ3) is 4.97. The van der Waals surface area contributed by atoms with Gasteiger partial charge in [-0.15, -0.1) is 0 Å². The lowest BCUT2D eigenvalue weighted by molar-refractivity contribution is -0.140. The molecule has 1 saturated heterocycles. The minimum atomic E-state index is -5.02. The number of amides is 2. The summed E-state index contributed by atoms with van der Waals surface area (Å²) in [5.74, 6) is -3.29. The number of carbonyl (C=O) groups excluding carboxylic acids is 2. The number of carbonyl (C=O) groups is 2. The first-order valence-corrected chi connectivity index (χ1v) is 14.9. The largest absolute Gasteiger partial charge is 0.497 e. The summed E-state index contributed by atoms with van der Waals surface area (Å²) in [6.45, 7) is -0.695. The van der Waals surface area contributed by atoms with Crippen LogP contribution in [-0.2, 0) is 31.3 Å². The van der Waals surface area contributed by atoms with Crippen molar-refractivity contribution in [3.05, 3.63) is 83.2 Å². The highest BCUT2D eigenvalue weighted by atomic mass is 32.2. The second kappa shape index (κ2) is 11.3. The predicted octanol–water partition coefficient (Wildman–Crippen LogP) is 4.34. The molecule has 15 heteroatoms. The highest BCUT2D eigenvalue weighted by Gasteiger charge is 2.64. The van der Waals surface area contributed by atoms with Gasteiger partial charge in [0, 0.05) is 44.3 Å². The van der Waals surface area contributed by atoms with Gasteiger partial charge < -0.3 is 14.4 Å². The molecule has 0 radical (unpaired) electrons. The zero-order valence-electron chi connectivity index (χ0n) is 24.4. The third-order valence-corrected chi connectivity index (χ3v) is 9.72. The van der Waals surface area contributed by atoms with E-state index < -0.39 is 91.8 Å². The van der Waals surface area contributed by atoms with Gasteiger partial charge in [-0.25, -0.2) is 21.5 Å². The average molecular weight is 654 g/mol. The topological polar surface area (TPSA) is 96.5 Å². The van der Waals surface area contributed by atoms with Crippen LogP contribution in [0.1, 0.15) is 23.1 Å². The predicted molar refractivity (Wildman–Crippen MR) is 152 cm³/mol. The van der Waals surface area contributed by atoms with Gasteiger partial charge in [0.15, 0.2) is 5.54 Å². The van der Waals surface area contributed by atoms with Crippen LogP contribution in [0, 0.1) is 5.82 Å². The molecule has 3 atom stereocenters. The molecule has 1 fully saturated rings. The molecule has 2 amide bonds. The van der Waals surface area contributed by atoms with Crippen LogP contribution in [-0.4, -0.2) is 77.1 Å². The molecule has 45 heavy (non-hydrogen) atoms. The molecule has 3 aromatic rings. The maximum absolute atomic E-state index is 15.9. The van der Waals surface area contributed by atoms with Crippen LogP contribution >= 0.6 is 0 Å². The summed E-state index contributed by atoms with van der Waals surface area (Å²) in [7, 11) is 0.187. The number of hydrogen-bond donors (Lipinski definition) is 0. The molecular formula is C30H28F5N3O6S. The van der Waals surface area contributed by atoms with Gasteiger partial charge in [0.05, 0.1) is 31.5 Å². The van der Waals surface area contributed by atoms with Gasteiger partial charge in [-0.3, -0.25) is 14.5 Å². The second-order valence-corrected chi connectivity index (χ2v) is 12.5. The van der Waals surface area contributed by atoms with Crippen molar-refractivity contribution in [2.75, 3.05) is 39.2 Å². The second-order valence-electron chi connectivity index (χ2n) is 10.7. The number of benzene rings is 3. The van der Waals surface area contributed by atoms with Crippen LogP contribution in [0.25, 0.3) is 0 Å². The number of hydrogen-bond acceptors (Lipinski definition) is 7. The van der Waals surface area contributed by atoms with Crippen LogP contribution in [0.5, 0.6) is 11.5 Å². The maximum atomic E-state index is 15.9. The fourth-order valence-electron chi connectivity index (χ4n) is 6.01. The van der Waals surface area contributed by atoms with Crippen molar-refractivity contribution in [2.45, 2.75) is 35.2 Å². The van der Waals surface area contributed by atoms with E-state index in [4.69, 9.17) is 9.47 Å². The minimum absolute atomic E-state index is 0.200. The maximum Gasteiger partial charge on any atom is 0.416 e. The molecule has 2 aliphatic heterocycles. The van der Waals surface area contributed by atoms with Crippen molar-refractivity contribution in [1.29, 1.82) is 0 Å². The number of anilines is 1. The van der Waals surface area contributed by atoms with Crippen LogP contribution < -0.4 is 13.8 Å². The Labute approximate surface area is 255 Å². The smallest absolute Gasteiger partial charge is 0.416 e. The quantitative estimate of drug-likeness (QED) is 0.350. The van der Waals surface area contributed by atoms with E-state index in [1.54, 1.807) is 0 Å². The summed E-state index contributed by atoms with van der Waals surface area (Å²) >= 11 is 0. The van der Waals surface area contributed by atoms with E-state index in [2.05, 4.69) is 0 Å². The van der Waals surface area contributed by atoms with E-state index in [1.807, 2.05) is 0 Å². The van der Waals surface area contributed by atoms with E-state index in [0.717, 1.165) is 41.2 Å². The molecule has 5 rings (SSSR count). The summed E-state index contributed by atoms with van der Waals surface area (Å²) in [4.78, 5) is 29.8. The van der Waals surface area contributed by atoms with Gasteiger partial charge in [-0.05, 0) is 36.4 Å². The van der Waals surface area contributed by atoms with Crippen molar-refractivity contribution < 1.29 is 49.4 Å². The van der Waals surface area contributed by atoms with E-state index in [9.17, 15) is 31.2 Å². The lowest BCUT2D eigenvalue weighted by atomic mass is 9.80. The molecule has 2 heterocycles. The number of ether oxygens (including phenoxy) is 2. The number of fused-ring (bicyclic) bond motifs is 1. The first kappa shape index (κ1) is 32.2. The lowest BCUT2D eigenvalue weighted by Gasteiger charge is -2.41. The first-order chi connectivity index (χ1) is 21.1. The SMILES string of the molecule is COc1ccc(S(=O)(=O)N2C(=O)C(c3ccccc3F)(N3C[C@H](F)C[C@H]3C(=O)N(C)C)c3cc(C(F)(F)F)ccc32)c(OC)c1. The van der Waals surface area contributed by atoms with Gasteiger partial charge >= 0.3 is 6.18 Å². The Bertz CT molecular complexity index is 1780. The Morgan fingerprint density at radius 3 is 2.29 bits per heavy atom. The standard InChI is InChI=1S/C30H28F5N3O6S/c1-36(2)27(39)24-14-18(31)16-37(24)29(20-7-5-6-8-22(20)32)21-13-17(30(33,34)35)9-11-23(21)38(28(29)40)45(41,42)26-12-10-19(43-3)15-25(26)44-4/h5-13,15,18,24H,14,16H2,1-4H3/t18-,24+,29?/m1/s1. The Morgan fingerprint density at radius 1 is 1.00 bits per heavy atom. The van der Waals surface area contributed by atoms with E-state index in [-0.39, 0.29) is 15.8 Å². The molecule has 0 bridgehead atoms. The zero-order valence-corrected chi connectivity index (χ0v) is 25.2. The van der Waals surface area contributed by atoms with Crippen molar-refractivity contribution in [3.8, 4) is 11.5 Å². The fourth-order valence-corrected chi connectivity index (χ4v) is 7.61. The van der Waals surface area contributed by atoms with Crippen molar-refractivity contribution in [3.63, 3.8) is 0 Å². The van der Waals surface area contributed by atoms with Crippen LogP contribution in [0.4, 0.5) is 27.6 Å². The summed E-state index contributed by atoms with van der Waals surface area (Å²) in [5, 5.41) is 0. The Balaban J connectivity index is 1.90. The molecule has 240 valence electrons. The number of likely N-dealkylation sites (N-methyl/N-ethyl adjacent to an activating group) is 1. The van der Waals surface area contributed by atoms with E-state index in [0.29, 0.717) is 12.1 Å². The molecule has 0 saturated carbocycles. The first-order valence-electron chi connectivity index (χ1n) is 13.5. The fraction of sp³-hybridized carbons (Fsp3) is 0.333. The molecule has 0 N–H and O–H groups in total. The van der Waals surface area contributed by atoms with E-state index in [1.165, 1.54) is 45.5 Å². The highest BCUT2D eigenvalue weighted by Crippen LogP contribution is 2.54. The van der Waals surface area contributed by atoms with Gasteiger partial charge in [-0.2, -0.15) is 13.2 Å². The Hall–Kier alpha value is -4.24. The van der Waals surface area contributed by atoms with Crippen LogP contribution in [0.3, 0.4) is 0 Å². The Morgan fingerprint density at radius 2 is 1.69 bits per heavy atom. The lowest BCUT2D eigenvalue weighted by Crippen LogP contribution is -2.59. The normalized spacial score (nSPS) is 22.0. The Kier molecular flexibility index (Phi) is 8.06. The van der Waals surface area contributed by atoms with E-state index >= 15 is 8.78 Å². The number of sulfonamides is 1. The van der Waals surface area contributed by atoms with Crippen molar-refractivity contribution in [2.24, 2.45) is 0 Å². The molecule has 1 unspecified atom stereocenters. The molecule has 3 aromatic carbocycles. The van der Waals surface area contributed by atoms with Crippen LogP contribution in [0.15, 0.2) is 65.6 Å². The molecule has 0 aliphatic carbocycles. The number of likely N-dealkylation sites (tertiary alicyclic amines) is 1. The average Bonchev–Trinajstić information content (AvgIpc) is 3.50. The van der Waals surface area contributed by atoms with Gasteiger partial charge in [-0.1, -0.05) is 18.2 Å². The van der Waals surface area contributed by atoms with Crippen LogP contribution in [0.2, 0.25) is 0 Å². The molecule has 9 nitrogen and oxygen atoms in total. The minimum Gasteiger partial charge on any atom is -0.497 e. The third-order valence-electron chi connectivity index (χ3n) is 7.99. The number of rotatable bonds is 7. The molecule has 2 aliphatic rings. The van der Waals surface area contributed by atoms with Gasteiger partial charge in [0.25, 0.3) is 15.9 Å². The summed E-state index contributed by atoms with van der Waals surface area (Å²) in [6.07, 6.45) is -7.22. The number of alkyl halides is 4. The summed E-state index contributed by atoms with van der Waals surface area (Å²) < 4.78 is 113. The zero-order chi connectivity index (χ0) is 33.1. The summed E-state index contributed by atoms with van der Waals surface area (Å²) in [6, 6.07) is 8.63. The molecular weight excluding hydrogens is 625 g/mol. The van der Waals surface area contributed by atoms with Crippen molar-refractivity contribution in [1.82, 2.24) is 9.80 Å². The summed E-state index contributed by atoms with van der Waals surface area (Å²) in [5.41, 5.74) is -5.67. The number of nitrogens with zero attached hydrogens (tertiary/aromatic N) is 3.